The van der Waals surface area contributed by atoms with Crippen molar-refractivity contribution in [2.45, 2.75) is 58.8 Å². The summed E-state index contributed by atoms with van der Waals surface area (Å²) < 4.78 is 5.83. The Morgan fingerprint density at radius 3 is 2.14 bits per heavy atom. The van der Waals surface area contributed by atoms with Crippen molar-refractivity contribution in [1.82, 2.24) is 4.90 Å². The van der Waals surface area contributed by atoms with Crippen LogP contribution in [0.15, 0.2) is 41.3 Å². The van der Waals surface area contributed by atoms with Crippen LogP contribution >= 0.6 is 11.8 Å². The van der Waals surface area contributed by atoms with E-state index in [1.807, 2.05) is 33.8 Å². The summed E-state index contributed by atoms with van der Waals surface area (Å²) in [5.41, 5.74) is 3.36. The lowest BCUT2D eigenvalue weighted by Crippen LogP contribution is -2.27. The Morgan fingerprint density at radius 1 is 1.03 bits per heavy atom. The van der Waals surface area contributed by atoms with Gasteiger partial charge in [-0.1, -0.05) is 45.0 Å². The molecule has 0 aromatic heterocycles. The van der Waals surface area contributed by atoms with Gasteiger partial charge in [-0.3, -0.25) is 4.79 Å². The number of carbonyl (C=O) groups is 2. The number of rotatable bonds is 5. The van der Waals surface area contributed by atoms with Crippen molar-refractivity contribution in [1.29, 1.82) is 0 Å². The summed E-state index contributed by atoms with van der Waals surface area (Å²) in [7, 11) is 0. The monoisotopic (exact) mass is 413 g/mol. The third-order valence-electron chi connectivity index (χ3n) is 4.89. The van der Waals surface area contributed by atoms with E-state index in [1.54, 1.807) is 29.2 Å². The quantitative estimate of drug-likeness (QED) is 0.324. The van der Waals surface area contributed by atoms with E-state index in [1.165, 1.54) is 0 Å². The lowest BCUT2D eigenvalue weighted by atomic mass is 9.83. The van der Waals surface area contributed by atoms with Crippen LogP contribution in [0.2, 0.25) is 0 Å². The molecule has 29 heavy (non-hydrogen) atoms. The molecule has 0 aliphatic carbocycles. The second-order valence-electron chi connectivity index (χ2n) is 8.07. The van der Waals surface area contributed by atoms with Gasteiger partial charge < -0.3 is 9.64 Å². The summed E-state index contributed by atoms with van der Waals surface area (Å²) in [5.74, 6) is 0.0450. The smallest absolute Gasteiger partial charge is 0.343 e. The number of hydrogen-bond donors (Lipinski definition) is 0. The van der Waals surface area contributed by atoms with Crippen LogP contribution < -0.4 is 4.74 Å². The predicted molar refractivity (Wildman–Crippen MR) is 120 cm³/mol. The van der Waals surface area contributed by atoms with Crippen LogP contribution in [0, 0.1) is 13.8 Å². The summed E-state index contributed by atoms with van der Waals surface area (Å²) in [6.45, 7) is 15.5. The molecule has 2 aromatic rings. The highest BCUT2D eigenvalue weighted by Gasteiger charge is 2.26. The van der Waals surface area contributed by atoms with Gasteiger partial charge in [0.25, 0.3) is 5.24 Å². The summed E-state index contributed by atoms with van der Waals surface area (Å²) in [6.07, 6.45) is 0. The number of benzene rings is 2. The molecular weight excluding hydrogens is 382 g/mol. The number of amides is 1. The highest BCUT2D eigenvalue weighted by Crippen LogP contribution is 2.42. The van der Waals surface area contributed by atoms with Crippen LogP contribution in [0.3, 0.4) is 0 Å². The average molecular weight is 414 g/mol. The second kappa shape index (κ2) is 9.49. The van der Waals surface area contributed by atoms with Crippen LogP contribution in [0.25, 0.3) is 0 Å². The minimum absolute atomic E-state index is 0.0411. The van der Waals surface area contributed by atoms with Crippen LogP contribution in [0.4, 0.5) is 4.79 Å². The molecule has 0 bridgehead atoms. The summed E-state index contributed by atoms with van der Waals surface area (Å²) in [5, 5.41) is -0.0411. The fourth-order valence-electron chi connectivity index (χ4n) is 3.25. The van der Waals surface area contributed by atoms with E-state index in [0.717, 1.165) is 33.3 Å². The molecule has 0 N–H and O–H groups in total. The SMILES string of the molecule is CCN(CC)C(=O)Sc1c(C)c(C(C)(C)C)cc(C)c1OC(=O)c1ccccc1. The Labute approximate surface area is 178 Å². The van der Waals surface area contributed by atoms with Gasteiger partial charge in [-0.25, -0.2) is 4.79 Å². The first kappa shape index (κ1) is 23.0. The molecule has 0 radical (unpaired) electrons. The zero-order valence-corrected chi connectivity index (χ0v) is 19.3. The highest BCUT2D eigenvalue weighted by atomic mass is 32.2. The molecule has 0 spiro atoms. The Balaban J connectivity index is 2.55. The fraction of sp³-hybridized carbons (Fsp3) is 0.417. The maximum absolute atomic E-state index is 12.9. The maximum Gasteiger partial charge on any atom is 0.343 e. The molecule has 2 rings (SSSR count). The third kappa shape index (κ3) is 5.41. The normalized spacial score (nSPS) is 11.3. The van der Waals surface area contributed by atoms with Gasteiger partial charge in [0.15, 0.2) is 0 Å². The summed E-state index contributed by atoms with van der Waals surface area (Å²) in [4.78, 5) is 28.1. The number of ether oxygens (including phenoxy) is 1. The molecule has 0 heterocycles. The number of hydrogen-bond acceptors (Lipinski definition) is 4. The fourth-order valence-corrected chi connectivity index (χ4v) is 4.37. The zero-order valence-electron chi connectivity index (χ0n) is 18.5. The highest BCUT2D eigenvalue weighted by molar-refractivity contribution is 8.13. The lowest BCUT2D eigenvalue weighted by molar-refractivity contribution is 0.0729. The van der Waals surface area contributed by atoms with E-state index >= 15 is 0 Å². The molecule has 4 nitrogen and oxygen atoms in total. The summed E-state index contributed by atoms with van der Waals surface area (Å²) in [6, 6.07) is 11.0. The molecule has 0 atom stereocenters. The molecule has 1 amide bonds. The van der Waals surface area contributed by atoms with Crippen molar-refractivity contribution in [3.8, 4) is 5.75 Å². The van der Waals surface area contributed by atoms with Gasteiger partial charge in [0.1, 0.15) is 5.75 Å². The number of esters is 1. The Kier molecular flexibility index (Phi) is 7.53. The standard InChI is InChI=1S/C24H31NO3S/c1-8-25(9-2)23(27)29-21-17(4)19(24(5,6)7)15-16(3)20(21)28-22(26)18-13-11-10-12-14-18/h10-15H,8-9H2,1-7H3. The van der Waals surface area contributed by atoms with Crippen molar-refractivity contribution in [3.63, 3.8) is 0 Å². The van der Waals surface area contributed by atoms with Crippen molar-refractivity contribution < 1.29 is 14.3 Å². The van der Waals surface area contributed by atoms with Gasteiger partial charge in [-0.05, 0) is 73.7 Å². The molecule has 0 aliphatic rings. The maximum atomic E-state index is 12.9. The van der Waals surface area contributed by atoms with Crippen LogP contribution in [0.5, 0.6) is 5.75 Å². The molecule has 2 aromatic carbocycles. The third-order valence-corrected chi connectivity index (χ3v) is 6.02. The second-order valence-corrected chi connectivity index (χ2v) is 9.03. The predicted octanol–water partition coefficient (Wildman–Crippen LogP) is 6.37. The van der Waals surface area contributed by atoms with E-state index in [-0.39, 0.29) is 10.7 Å². The van der Waals surface area contributed by atoms with E-state index in [9.17, 15) is 9.59 Å². The van der Waals surface area contributed by atoms with Gasteiger partial charge in [-0.2, -0.15) is 0 Å². The topological polar surface area (TPSA) is 46.6 Å². The largest absolute Gasteiger partial charge is 0.421 e. The van der Waals surface area contributed by atoms with Gasteiger partial charge >= 0.3 is 5.97 Å². The molecule has 0 fully saturated rings. The summed E-state index contributed by atoms with van der Waals surface area (Å²) >= 11 is 1.15. The molecule has 5 heteroatoms. The van der Waals surface area contributed by atoms with Crippen molar-refractivity contribution in [3.05, 3.63) is 58.7 Å². The van der Waals surface area contributed by atoms with Crippen LogP contribution in [-0.4, -0.2) is 29.2 Å². The van der Waals surface area contributed by atoms with Crippen LogP contribution in [-0.2, 0) is 5.41 Å². The first-order valence-electron chi connectivity index (χ1n) is 9.98. The number of aryl methyl sites for hydroxylation is 1. The zero-order chi connectivity index (χ0) is 21.8. The lowest BCUT2D eigenvalue weighted by Gasteiger charge is -2.27. The minimum Gasteiger partial charge on any atom is -0.421 e. The van der Waals surface area contributed by atoms with Gasteiger partial charge in [0.05, 0.1) is 10.5 Å². The van der Waals surface area contributed by atoms with E-state index in [0.29, 0.717) is 24.4 Å². The number of nitrogens with zero attached hydrogens (tertiary/aromatic N) is 1. The average Bonchev–Trinajstić information content (AvgIpc) is 2.67. The Bertz CT molecular complexity index is 881. The minimum atomic E-state index is -0.422. The number of carbonyl (C=O) groups excluding carboxylic acids is 2. The molecule has 156 valence electrons. The van der Waals surface area contributed by atoms with Crippen molar-refractivity contribution in [2.24, 2.45) is 0 Å². The van der Waals surface area contributed by atoms with Crippen molar-refractivity contribution in [2.75, 3.05) is 13.1 Å². The van der Waals surface area contributed by atoms with Crippen LogP contribution in [0.1, 0.15) is 61.7 Å². The number of thioether (sulfide) groups is 1. The molecular formula is C24H31NO3S. The Morgan fingerprint density at radius 2 is 1.62 bits per heavy atom. The molecule has 0 saturated heterocycles. The first-order chi connectivity index (χ1) is 13.6. The Hall–Kier alpha value is -2.27. The van der Waals surface area contributed by atoms with Gasteiger partial charge in [0.2, 0.25) is 0 Å². The molecule has 0 aliphatic heterocycles. The van der Waals surface area contributed by atoms with Gasteiger partial charge in [0, 0.05) is 13.1 Å². The molecule has 0 unspecified atom stereocenters. The van der Waals surface area contributed by atoms with E-state index in [4.69, 9.17) is 4.74 Å². The first-order valence-corrected chi connectivity index (χ1v) is 10.8. The van der Waals surface area contributed by atoms with Gasteiger partial charge in [-0.15, -0.1) is 0 Å². The van der Waals surface area contributed by atoms with Crippen molar-refractivity contribution >= 4 is 23.0 Å². The van der Waals surface area contributed by atoms with E-state index < -0.39 is 5.97 Å². The molecule has 0 saturated carbocycles. The van der Waals surface area contributed by atoms with E-state index in [2.05, 4.69) is 26.8 Å².